The van der Waals surface area contributed by atoms with Crippen LogP contribution in [-0.2, 0) is 11.3 Å². The summed E-state index contributed by atoms with van der Waals surface area (Å²) in [6, 6.07) is 23.3. The van der Waals surface area contributed by atoms with E-state index in [1.165, 1.54) is 11.8 Å². The van der Waals surface area contributed by atoms with Gasteiger partial charge < -0.3 is 15.0 Å². The number of carbonyl (C=O) groups excluding carboxylic acids is 1. The van der Waals surface area contributed by atoms with E-state index >= 15 is 0 Å². The maximum Gasteiger partial charge on any atom is 0.278 e. The fourth-order valence-electron chi connectivity index (χ4n) is 4.49. The third-order valence-corrected chi connectivity index (χ3v) is 7.12. The molecule has 8 heteroatoms. The molecule has 192 valence electrons. The standard InChI is InChI=1S/C30H28N4O3S/c1-19-12-20(2)14-23(13-19)32-26(35)18-38-30-33-27-25(22-9-5-4-6-10-22)16-31-28(27)29(36)34(30)17-21-8-7-11-24(15-21)37-3/h4-16,31H,17-18H2,1-3H3,(H,32,35). The molecule has 0 spiro atoms. The Morgan fingerprint density at radius 1 is 1.03 bits per heavy atom. The second-order valence-corrected chi connectivity index (χ2v) is 10.1. The summed E-state index contributed by atoms with van der Waals surface area (Å²) >= 11 is 1.24. The second-order valence-electron chi connectivity index (χ2n) is 9.14. The molecule has 0 radical (unpaired) electrons. The van der Waals surface area contributed by atoms with E-state index in [-0.39, 0.29) is 17.2 Å². The molecular formula is C30H28N4O3S. The van der Waals surface area contributed by atoms with Gasteiger partial charge in [0.25, 0.3) is 5.56 Å². The largest absolute Gasteiger partial charge is 0.497 e. The molecule has 0 aliphatic carbocycles. The van der Waals surface area contributed by atoms with Crippen LogP contribution < -0.4 is 15.6 Å². The molecule has 1 amide bonds. The number of aromatic nitrogens is 3. The molecule has 7 nitrogen and oxygen atoms in total. The number of rotatable bonds is 8. The highest BCUT2D eigenvalue weighted by molar-refractivity contribution is 7.99. The molecule has 5 aromatic rings. The molecule has 0 aliphatic rings. The number of aryl methyl sites for hydroxylation is 2. The van der Waals surface area contributed by atoms with E-state index in [0.717, 1.165) is 33.5 Å². The van der Waals surface area contributed by atoms with Gasteiger partial charge in [0.05, 0.1) is 19.4 Å². The molecule has 0 saturated carbocycles. The van der Waals surface area contributed by atoms with Gasteiger partial charge >= 0.3 is 0 Å². The lowest BCUT2D eigenvalue weighted by atomic mass is 10.1. The number of carbonyl (C=O) groups is 1. The number of ether oxygens (including phenoxy) is 1. The number of amides is 1. The third kappa shape index (κ3) is 5.50. The van der Waals surface area contributed by atoms with Gasteiger partial charge in [0.1, 0.15) is 16.8 Å². The van der Waals surface area contributed by atoms with Crippen LogP contribution in [0.25, 0.3) is 22.2 Å². The van der Waals surface area contributed by atoms with Gasteiger partial charge in [-0.25, -0.2) is 4.98 Å². The highest BCUT2D eigenvalue weighted by Crippen LogP contribution is 2.28. The van der Waals surface area contributed by atoms with Crippen LogP contribution >= 0.6 is 11.8 Å². The summed E-state index contributed by atoms with van der Waals surface area (Å²) in [4.78, 5) is 34.6. The molecule has 3 aromatic carbocycles. The van der Waals surface area contributed by atoms with Gasteiger partial charge in [0.2, 0.25) is 5.91 Å². The van der Waals surface area contributed by atoms with E-state index in [2.05, 4.69) is 16.4 Å². The van der Waals surface area contributed by atoms with Crippen LogP contribution in [0.5, 0.6) is 5.75 Å². The zero-order valence-corrected chi connectivity index (χ0v) is 22.3. The lowest BCUT2D eigenvalue weighted by molar-refractivity contribution is -0.113. The number of hydrogen-bond acceptors (Lipinski definition) is 5. The smallest absolute Gasteiger partial charge is 0.278 e. The molecule has 5 rings (SSSR count). The second kappa shape index (κ2) is 11.0. The SMILES string of the molecule is COc1cccc(Cn2c(SCC(=O)Nc3cc(C)cc(C)c3)nc3c(-c4ccccc4)c[nH]c3c2=O)c1. The van der Waals surface area contributed by atoms with Gasteiger partial charge in [-0.2, -0.15) is 0 Å². The van der Waals surface area contributed by atoms with Gasteiger partial charge in [-0.1, -0.05) is 60.3 Å². The molecule has 2 N–H and O–H groups in total. The summed E-state index contributed by atoms with van der Waals surface area (Å²) in [5, 5.41) is 3.43. The van der Waals surface area contributed by atoms with Crippen molar-refractivity contribution in [3.8, 4) is 16.9 Å². The highest BCUT2D eigenvalue weighted by Gasteiger charge is 2.18. The van der Waals surface area contributed by atoms with Crippen molar-refractivity contribution in [3.05, 3.63) is 106 Å². The Morgan fingerprint density at radius 3 is 2.53 bits per heavy atom. The van der Waals surface area contributed by atoms with Gasteiger partial charge in [0, 0.05) is 17.4 Å². The first-order valence-electron chi connectivity index (χ1n) is 12.2. The minimum absolute atomic E-state index is 0.105. The summed E-state index contributed by atoms with van der Waals surface area (Å²) in [7, 11) is 1.61. The maximum absolute atomic E-state index is 13.7. The number of anilines is 1. The van der Waals surface area contributed by atoms with E-state index in [4.69, 9.17) is 9.72 Å². The summed E-state index contributed by atoms with van der Waals surface area (Å²) in [6.45, 7) is 4.28. The minimum atomic E-state index is -0.197. The Labute approximate surface area is 224 Å². The Hall–Kier alpha value is -4.30. The van der Waals surface area contributed by atoms with Crippen LogP contribution in [0, 0.1) is 13.8 Å². The van der Waals surface area contributed by atoms with Crippen molar-refractivity contribution in [2.45, 2.75) is 25.5 Å². The Kier molecular flexibility index (Phi) is 7.33. The average molecular weight is 525 g/mol. The number of benzene rings is 3. The van der Waals surface area contributed by atoms with Crippen LogP contribution in [-0.4, -0.2) is 33.3 Å². The summed E-state index contributed by atoms with van der Waals surface area (Å²) in [5.74, 6) is 0.645. The predicted octanol–water partition coefficient (Wildman–Crippen LogP) is 5.80. The Morgan fingerprint density at radius 2 is 1.79 bits per heavy atom. The first-order chi connectivity index (χ1) is 18.4. The van der Waals surface area contributed by atoms with E-state index < -0.39 is 0 Å². The minimum Gasteiger partial charge on any atom is -0.497 e. The molecule has 0 unspecified atom stereocenters. The number of fused-ring (bicyclic) bond motifs is 1. The molecule has 0 fully saturated rings. The lowest BCUT2D eigenvalue weighted by Gasteiger charge is -2.13. The molecule has 0 bridgehead atoms. The molecule has 38 heavy (non-hydrogen) atoms. The van der Waals surface area contributed by atoms with Crippen molar-refractivity contribution in [3.63, 3.8) is 0 Å². The normalized spacial score (nSPS) is 11.0. The van der Waals surface area contributed by atoms with Gasteiger partial charge in [-0.15, -0.1) is 0 Å². The lowest BCUT2D eigenvalue weighted by Crippen LogP contribution is -2.25. The average Bonchev–Trinajstić information content (AvgIpc) is 3.33. The first-order valence-corrected chi connectivity index (χ1v) is 13.2. The van der Waals surface area contributed by atoms with E-state index in [1.54, 1.807) is 11.7 Å². The number of aromatic amines is 1. The third-order valence-electron chi connectivity index (χ3n) is 6.15. The molecule has 2 aromatic heterocycles. The Balaban J connectivity index is 1.51. The fourth-order valence-corrected chi connectivity index (χ4v) is 5.28. The van der Waals surface area contributed by atoms with Crippen LogP contribution in [0.4, 0.5) is 5.69 Å². The Bertz CT molecular complexity index is 1650. The van der Waals surface area contributed by atoms with Gasteiger partial charge in [-0.3, -0.25) is 14.2 Å². The van der Waals surface area contributed by atoms with Gasteiger partial charge in [0.15, 0.2) is 5.16 Å². The van der Waals surface area contributed by atoms with Crippen LogP contribution in [0.1, 0.15) is 16.7 Å². The predicted molar refractivity (Wildman–Crippen MR) is 153 cm³/mol. The van der Waals surface area contributed by atoms with Crippen molar-refractivity contribution in [1.82, 2.24) is 14.5 Å². The number of methoxy groups -OCH3 is 1. The van der Waals surface area contributed by atoms with Crippen molar-refractivity contribution in [2.24, 2.45) is 0 Å². The fraction of sp³-hybridized carbons (Fsp3) is 0.167. The molecular weight excluding hydrogens is 496 g/mol. The van der Waals surface area contributed by atoms with Crippen molar-refractivity contribution in [1.29, 1.82) is 0 Å². The summed E-state index contributed by atoms with van der Waals surface area (Å²) in [6.07, 6.45) is 1.81. The molecule has 0 saturated heterocycles. The van der Waals surface area contributed by atoms with E-state index in [0.29, 0.717) is 28.5 Å². The van der Waals surface area contributed by atoms with Gasteiger partial charge in [-0.05, 0) is 60.4 Å². The van der Waals surface area contributed by atoms with Crippen molar-refractivity contribution < 1.29 is 9.53 Å². The number of nitrogens with one attached hydrogen (secondary N) is 2. The van der Waals surface area contributed by atoms with E-state index in [9.17, 15) is 9.59 Å². The highest BCUT2D eigenvalue weighted by atomic mass is 32.2. The number of thioether (sulfide) groups is 1. The van der Waals surface area contributed by atoms with Crippen molar-refractivity contribution >= 4 is 34.4 Å². The van der Waals surface area contributed by atoms with Crippen LogP contribution in [0.15, 0.2) is 88.9 Å². The summed E-state index contributed by atoms with van der Waals surface area (Å²) in [5.41, 5.74) is 6.41. The maximum atomic E-state index is 13.7. The zero-order chi connectivity index (χ0) is 26.6. The van der Waals surface area contributed by atoms with Crippen LogP contribution in [0.2, 0.25) is 0 Å². The topological polar surface area (TPSA) is 89.0 Å². The molecule has 0 aliphatic heterocycles. The first kappa shape index (κ1) is 25.4. The number of H-pyrrole nitrogens is 1. The monoisotopic (exact) mass is 524 g/mol. The zero-order valence-electron chi connectivity index (χ0n) is 21.4. The number of hydrogen-bond donors (Lipinski definition) is 2. The van der Waals surface area contributed by atoms with Crippen molar-refractivity contribution in [2.75, 3.05) is 18.2 Å². The summed E-state index contributed by atoms with van der Waals surface area (Å²) < 4.78 is 6.97. The number of nitrogens with zero attached hydrogens (tertiary/aromatic N) is 2. The molecule has 2 heterocycles. The molecule has 0 atom stereocenters. The quantitative estimate of drug-likeness (QED) is 0.198. The van der Waals surface area contributed by atoms with E-state index in [1.807, 2.05) is 86.8 Å². The van der Waals surface area contributed by atoms with Crippen LogP contribution in [0.3, 0.4) is 0 Å².